The number of hydrogen-bond acceptors (Lipinski definition) is 3. The molecule has 0 saturated heterocycles. The van der Waals surface area contributed by atoms with E-state index >= 15 is 0 Å². The van der Waals surface area contributed by atoms with Crippen LogP contribution in [0, 0.1) is 0 Å². The Morgan fingerprint density at radius 1 is 1.78 bits per heavy atom. The zero-order valence-electron chi connectivity index (χ0n) is 5.76. The lowest BCUT2D eigenvalue weighted by Gasteiger charge is -2.12. The Morgan fingerprint density at radius 2 is 2.44 bits per heavy atom. The van der Waals surface area contributed by atoms with Gasteiger partial charge in [-0.3, -0.25) is 5.73 Å². The Bertz CT molecular complexity index is 171. The first kappa shape index (κ1) is 6.42. The molecule has 1 aliphatic heterocycles. The molecule has 0 saturated carbocycles. The first-order chi connectivity index (χ1) is 4.16. The predicted octanol–water partition coefficient (Wildman–Crippen LogP) is 0.554. The van der Waals surface area contributed by atoms with E-state index in [1.54, 1.807) is 6.21 Å². The van der Waals surface area contributed by atoms with Crippen LogP contribution >= 0.6 is 0 Å². The van der Waals surface area contributed by atoms with Crippen molar-refractivity contribution < 1.29 is 0 Å². The van der Waals surface area contributed by atoms with Gasteiger partial charge in [0.05, 0.1) is 5.71 Å². The van der Waals surface area contributed by atoms with Gasteiger partial charge in [0, 0.05) is 12.6 Å². The molecule has 0 aliphatic carbocycles. The molecule has 0 radical (unpaired) electrons. The molecule has 0 spiro atoms. The molecule has 1 rings (SSSR count). The molecule has 0 bridgehead atoms. The zero-order valence-corrected chi connectivity index (χ0v) is 5.76. The van der Waals surface area contributed by atoms with Crippen LogP contribution in [0.2, 0.25) is 0 Å². The Morgan fingerprint density at radius 3 is 2.67 bits per heavy atom. The molecule has 0 aromatic heterocycles. The fourth-order valence-corrected chi connectivity index (χ4v) is 0.739. The van der Waals surface area contributed by atoms with E-state index in [1.165, 1.54) is 0 Å². The highest BCUT2D eigenvalue weighted by atomic mass is 15.2. The minimum atomic E-state index is -0.635. The number of hydrogen-bond donors (Lipinski definition) is 1. The summed E-state index contributed by atoms with van der Waals surface area (Å²) in [4.78, 5) is 8.13. The molecular weight excluding hydrogens is 114 g/mol. The number of aliphatic imine (C=N–C) groups is 2. The summed E-state index contributed by atoms with van der Waals surface area (Å²) in [6, 6.07) is 0. The van der Waals surface area contributed by atoms with E-state index in [2.05, 4.69) is 9.98 Å². The van der Waals surface area contributed by atoms with Crippen LogP contribution in [0.3, 0.4) is 0 Å². The molecule has 0 fully saturated rings. The first-order valence-corrected chi connectivity index (χ1v) is 3.07. The molecule has 1 aliphatic rings. The maximum absolute atomic E-state index is 5.66. The maximum Gasteiger partial charge on any atom is 0.201 e. The van der Waals surface area contributed by atoms with Crippen molar-refractivity contribution in [3.63, 3.8) is 0 Å². The van der Waals surface area contributed by atoms with Crippen molar-refractivity contribution in [2.45, 2.75) is 26.1 Å². The average Bonchev–Trinajstić information content (AvgIpc) is 2.13. The van der Waals surface area contributed by atoms with Crippen molar-refractivity contribution in [3.8, 4) is 0 Å². The largest absolute Gasteiger partial charge is 0.288 e. The van der Waals surface area contributed by atoms with Crippen LogP contribution in [0.25, 0.3) is 0 Å². The second-order valence-corrected chi connectivity index (χ2v) is 2.24. The standard InChI is InChI=1S/C6H11N3/c1-3-6(7)8-4-5(2)9-6/h4H,3,7H2,1-2H3. The monoisotopic (exact) mass is 125 g/mol. The van der Waals surface area contributed by atoms with E-state index in [1.807, 2.05) is 13.8 Å². The van der Waals surface area contributed by atoms with Crippen molar-refractivity contribution in [2.24, 2.45) is 15.7 Å². The minimum absolute atomic E-state index is 0.635. The molecule has 9 heavy (non-hydrogen) atoms. The van der Waals surface area contributed by atoms with Crippen LogP contribution in [0.1, 0.15) is 20.3 Å². The lowest BCUT2D eigenvalue weighted by Crippen LogP contribution is -2.32. The van der Waals surface area contributed by atoms with Crippen molar-refractivity contribution >= 4 is 11.9 Å². The van der Waals surface area contributed by atoms with Gasteiger partial charge >= 0.3 is 0 Å². The van der Waals surface area contributed by atoms with Gasteiger partial charge in [-0.05, 0) is 6.92 Å². The predicted molar refractivity (Wildman–Crippen MR) is 38.8 cm³/mol. The highest BCUT2D eigenvalue weighted by Crippen LogP contribution is 2.13. The van der Waals surface area contributed by atoms with Crippen LogP contribution in [-0.4, -0.2) is 17.7 Å². The molecule has 1 atom stereocenters. The third kappa shape index (κ3) is 1.16. The topological polar surface area (TPSA) is 50.7 Å². The van der Waals surface area contributed by atoms with E-state index in [0.29, 0.717) is 0 Å². The van der Waals surface area contributed by atoms with E-state index in [-0.39, 0.29) is 0 Å². The van der Waals surface area contributed by atoms with E-state index in [0.717, 1.165) is 12.1 Å². The first-order valence-electron chi connectivity index (χ1n) is 3.07. The highest BCUT2D eigenvalue weighted by molar-refractivity contribution is 6.30. The third-order valence-electron chi connectivity index (χ3n) is 1.37. The molecular formula is C6H11N3. The summed E-state index contributed by atoms with van der Waals surface area (Å²) in [6.07, 6.45) is 2.48. The summed E-state index contributed by atoms with van der Waals surface area (Å²) in [5.41, 5.74) is 6.58. The number of rotatable bonds is 1. The fraction of sp³-hybridized carbons (Fsp3) is 0.667. The molecule has 2 N–H and O–H groups in total. The summed E-state index contributed by atoms with van der Waals surface area (Å²) in [5, 5.41) is 0. The molecule has 0 amide bonds. The second-order valence-electron chi connectivity index (χ2n) is 2.24. The van der Waals surface area contributed by atoms with Gasteiger partial charge in [-0.15, -0.1) is 0 Å². The van der Waals surface area contributed by atoms with Crippen molar-refractivity contribution in [1.29, 1.82) is 0 Å². The van der Waals surface area contributed by atoms with Gasteiger partial charge in [0.25, 0.3) is 0 Å². The van der Waals surface area contributed by atoms with Gasteiger partial charge in [-0.1, -0.05) is 6.92 Å². The molecule has 3 heteroatoms. The van der Waals surface area contributed by atoms with E-state index < -0.39 is 5.79 Å². The van der Waals surface area contributed by atoms with Crippen LogP contribution in [0.15, 0.2) is 9.98 Å². The van der Waals surface area contributed by atoms with Gasteiger partial charge in [-0.2, -0.15) is 0 Å². The van der Waals surface area contributed by atoms with Gasteiger partial charge in [0.15, 0.2) is 0 Å². The molecule has 1 heterocycles. The van der Waals surface area contributed by atoms with Crippen LogP contribution in [0.5, 0.6) is 0 Å². The van der Waals surface area contributed by atoms with Crippen LogP contribution < -0.4 is 5.73 Å². The fourth-order valence-electron chi connectivity index (χ4n) is 0.739. The Kier molecular flexibility index (Phi) is 1.37. The van der Waals surface area contributed by atoms with Crippen molar-refractivity contribution in [1.82, 2.24) is 0 Å². The minimum Gasteiger partial charge on any atom is -0.288 e. The molecule has 1 unspecified atom stereocenters. The summed E-state index contributed by atoms with van der Waals surface area (Å²) in [7, 11) is 0. The molecule has 0 aromatic rings. The van der Waals surface area contributed by atoms with Crippen LogP contribution in [0.4, 0.5) is 0 Å². The van der Waals surface area contributed by atoms with E-state index in [4.69, 9.17) is 5.73 Å². The Labute approximate surface area is 54.7 Å². The zero-order chi connectivity index (χ0) is 6.91. The lowest BCUT2D eigenvalue weighted by molar-refractivity contribution is 0.463. The molecule has 3 nitrogen and oxygen atoms in total. The summed E-state index contributed by atoms with van der Waals surface area (Å²) in [5.74, 6) is -0.635. The number of nitrogens with two attached hydrogens (primary N) is 1. The Balaban J connectivity index is 2.78. The van der Waals surface area contributed by atoms with Gasteiger partial charge in [0.2, 0.25) is 5.79 Å². The summed E-state index contributed by atoms with van der Waals surface area (Å²) in [6.45, 7) is 3.87. The maximum atomic E-state index is 5.66. The normalized spacial score (nSPS) is 33.0. The van der Waals surface area contributed by atoms with Crippen molar-refractivity contribution in [3.05, 3.63) is 0 Å². The smallest absolute Gasteiger partial charge is 0.201 e. The molecule has 0 aromatic carbocycles. The van der Waals surface area contributed by atoms with Gasteiger partial charge in [-0.25, -0.2) is 9.98 Å². The van der Waals surface area contributed by atoms with E-state index in [9.17, 15) is 0 Å². The Hall–Kier alpha value is -0.700. The average molecular weight is 125 g/mol. The SMILES string of the molecule is CCC1(N)N=CC(C)=N1. The second kappa shape index (κ2) is 1.92. The highest BCUT2D eigenvalue weighted by Gasteiger charge is 2.22. The molecule has 50 valence electrons. The summed E-state index contributed by atoms with van der Waals surface area (Å²) >= 11 is 0. The number of nitrogens with zero attached hydrogens (tertiary/aromatic N) is 2. The van der Waals surface area contributed by atoms with Crippen molar-refractivity contribution in [2.75, 3.05) is 0 Å². The van der Waals surface area contributed by atoms with Crippen LogP contribution in [-0.2, 0) is 0 Å². The van der Waals surface area contributed by atoms with Gasteiger partial charge < -0.3 is 0 Å². The quantitative estimate of drug-likeness (QED) is 0.546. The summed E-state index contributed by atoms with van der Waals surface area (Å²) < 4.78 is 0. The third-order valence-corrected chi connectivity index (χ3v) is 1.37. The lowest BCUT2D eigenvalue weighted by atomic mass is 10.3. The van der Waals surface area contributed by atoms with Gasteiger partial charge in [0.1, 0.15) is 0 Å².